The molecular formula is C23H26N2O6. The molecule has 0 saturated heterocycles. The van der Waals surface area contributed by atoms with Crippen LogP contribution in [0, 0.1) is 6.92 Å². The molecule has 1 heterocycles. The molecule has 0 unspecified atom stereocenters. The van der Waals surface area contributed by atoms with Crippen LogP contribution in [-0.4, -0.2) is 51.5 Å². The van der Waals surface area contributed by atoms with Crippen molar-refractivity contribution < 1.29 is 28.3 Å². The summed E-state index contributed by atoms with van der Waals surface area (Å²) in [6.45, 7) is 2.07. The number of carbonyl (C=O) groups is 1. The molecule has 0 aliphatic heterocycles. The Morgan fingerprint density at radius 2 is 1.58 bits per heavy atom. The average molecular weight is 426 g/mol. The lowest BCUT2D eigenvalue weighted by atomic mass is 10.1. The smallest absolute Gasteiger partial charge is 0.259 e. The Balaban J connectivity index is 1.90. The first-order valence-corrected chi connectivity index (χ1v) is 9.58. The van der Waals surface area contributed by atoms with E-state index in [1.54, 1.807) is 59.4 Å². The molecule has 0 spiro atoms. The fourth-order valence-electron chi connectivity index (χ4n) is 3.32. The van der Waals surface area contributed by atoms with Gasteiger partial charge >= 0.3 is 0 Å². The third-order valence-electron chi connectivity index (χ3n) is 4.92. The van der Waals surface area contributed by atoms with Crippen molar-refractivity contribution in [2.24, 2.45) is 0 Å². The van der Waals surface area contributed by atoms with Crippen LogP contribution >= 0.6 is 0 Å². The number of nitrogens with zero attached hydrogens (tertiary/aromatic N) is 2. The number of ether oxygens (including phenoxy) is 4. The number of rotatable bonds is 8. The van der Waals surface area contributed by atoms with Crippen molar-refractivity contribution in [1.82, 2.24) is 10.1 Å². The lowest BCUT2D eigenvalue weighted by Gasteiger charge is -2.19. The van der Waals surface area contributed by atoms with E-state index < -0.39 is 0 Å². The molecule has 1 aromatic heterocycles. The van der Waals surface area contributed by atoms with E-state index in [0.29, 0.717) is 46.6 Å². The summed E-state index contributed by atoms with van der Waals surface area (Å²) >= 11 is 0. The van der Waals surface area contributed by atoms with E-state index in [2.05, 4.69) is 5.16 Å². The van der Waals surface area contributed by atoms with Crippen molar-refractivity contribution in [3.05, 3.63) is 53.2 Å². The monoisotopic (exact) mass is 426 g/mol. The minimum Gasteiger partial charge on any atom is -0.497 e. The van der Waals surface area contributed by atoms with Crippen LogP contribution < -0.4 is 18.9 Å². The maximum atomic E-state index is 13.3. The molecule has 3 aromatic rings. The fourth-order valence-corrected chi connectivity index (χ4v) is 3.32. The minimum absolute atomic E-state index is 0.210. The molecule has 8 heteroatoms. The van der Waals surface area contributed by atoms with Gasteiger partial charge in [0.05, 0.1) is 34.1 Å². The van der Waals surface area contributed by atoms with Crippen molar-refractivity contribution >= 4 is 5.91 Å². The summed E-state index contributed by atoms with van der Waals surface area (Å²) in [5.41, 5.74) is 2.50. The highest BCUT2D eigenvalue weighted by Gasteiger charge is 2.25. The normalized spacial score (nSPS) is 10.5. The van der Waals surface area contributed by atoms with Gasteiger partial charge in [-0.2, -0.15) is 0 Å². The summed E-state index contributed by atoms with van der Waals surface area (Å²) in [6, 6.07) is 10.9. The first-order valence-electron chi connectivity index (χ1n) is 9.58. The van der Waals surface area contributed by atoms with Crippen LogP contribution in [0.5, 0.6) is 23.0 Å². The Labute approximate surface area is 181 Å². The Morgan fingerprint density at radius 1 is 0.968 bits per heavy atom. The number of aromatic nitrogens is 1. The summed E-state index contributed by atoms with van der Waals surface area (Å²) in [5.74, 6) is 2.47. The maximum Gasteiger partial charge on any atom is 0.259 e. The molecule has 1 amide bonds. The molecule has 0 N–H and O–H groups in total. The number of benzene rings is 2. The van der Waals surface area contributed by atoms with Crippen LogP contribution in [0.15, 0.2) is 40.9 Å². The molecule has 0 bridgehead atoms. The van der Waals surface area contributed by atoms with E-state index in [4.69, 9.17) is 23.5 Å². The number of methoxy groups -OCH3 is 4. The summed E-state index contributed by atoms with van der Waals surface area (Å²) in [7, 11) is 7.97. The topological polar surface area (TPSA) is 83.3 Å². The highest BCUT2D eigenvalue weighted by atomic mass is 16.5. The molecular weight excluding hydrogens is 400 g/mol. The van der Waals surface area contributed by atoms with Gasteiger partial charge in [0.25, 0.3) is 5.91 Å². The molecule has 3 rings (SSSR count). The second-order valence-corrected chi connectivity index (χ2v) is 6.90. The van der Waals surface area contributed by atoms with Gasteiger partial charge in [-0.05, 0) is 48.9 Å². The van der Waals surface area contributed by atoms with Crippen molar-refractivity contribution in [2.75, 3.05) is 35.5 Å². The average Bonchev–Trinajstić information content (AvgIpc) is 3.18. The lowest BCUT2D eigenvalue weighted by Crippen LogP contribution is -2.27. The zero-order chi connectivity index (χ0) is 22.5. The van der Waals surface area contributed by atoms with Crippen molar-refractivity contribution in [1.29, 1.82) is 0 Å². The minimum atomic E-state index is -0.210. The Bertz CT molecular complexity index is 1030. The van der Waals surface area contributed by atoms with Gasteiger partial charge in [0, 0.05) is 19.2 Å². The van der Waals surface area contributed by atoms with Crippen LogP contribution in [-0.2, 0) is 6.54 Å². The van der Waals surface area contributed by atoms with E-state index in [1.807, 2.05) is 24.3 Å². The Hall–Kier alpha value is -3.68. The highest BCUT2D eigenvalue weighted by molar-refractivity contribution is 6.00. The van der Waals surface area contributed by atoms with Gasteiger partial charge in [-0.25, -0.2) is 0 Å². The van der Waals surface area contributed by atoms with Gasteiger partial charge < -0.3 is 28.4 Å². The van der Waals surface area contributed by atoms with Crippen LogP contribution in [0.3, 0.4) is 0 Å². The molecule has 0 saturated carbocycles. The summed E-state index contributed by atoms with van der Waals surface area (Å²) in [4.78, 5) is 14.9. The van der Waals surface area contributed by atoms with Gasteiger partial charge in [0.15, 0.2) is 17.3 Å². The van der Waals surface area contributed by atoms with Crippen LogP contribution in [0.1, 0.15) is 21.6 Å². The second kappa shape index (κ2) is 9.42. The van der Waals surface area contributed by atoms with Crippen LogP contribution in [0.25, 0.3) is 11.3 Å². The van der Waals surface area contributed by atoms with E-state index in [0.717, 1.165) is 11.1 Å². The molecule has 0 radical (unpaired) electrons. The summed E-state index contributed by atoms with van der Waals surface area (Å²) < 4.78 is 26.9. The van der Waals surface area contributed by atoms with Crippen LogP contribution in [0.2, 0.25) is 0 Å². The fraction of sp³-hybridized carbons (Fsp3) is 0.304. The van der Waals surface area contributed by atoms with Gasteiger partial charge in [-0.15, -0.1) is 0 Å². The second-order valence-electron chi connectivity index (χ2n) is 6.90. The largest absolute Gasteiger partial charge is 0.497 e. The van der Waals surface area contributed by atoms with Gasteiger partial charge in [-0.3, -0.25) is 4.79 Å². The molecule has 0 aliphatic rings. The molecule has 0 atom stereocenters. The van der Waals surface area contributed by atoms with Crippen LogP contribution in [0.4, 0.5) is 0 Å². The van der Waals surface area contributed by atoms with Crippen molar-refractivity contribution in [2.45, 2.75) is 13.5 Å². The van der Waals surface area contributed by atoms with Gasteiger partial charge in [0.2, 0.25) is 5.75 Å². The molecule has 31 heavy (non-hydrogen) atoms. The molecule has 2 aromatic carbocycles. The van der Waals surface area contributed by atoms with Crippen molar-refractivity contribution in [3.8, 4) is 34.3 Å². The van der Waals surface area contributed by atoms with E-state index >= 15 is 0 Å². The summed E-state index contributed by atoms with van der Waals surface area (Å²) in [5, 5.41) is 4.01. The number of hydrogen-bond donors (Lipinski definition) is 0. The van der Waals surface area contributed by atoms with E-state index in [1.165, 1.54) is 0 Å². The highest BCUT2D eigenvalue weighted by Crippen LogP contribution is 2.38. The zero-order valence-corrected chi connectivity index (χ0v) is 18.5. The van der Waals surface area contributed by atoms with Crippen molar-refractivity contribution in [3.63, 3.8) is 0 Å². The zero-order valence-electron chi connectivity index (χ0n) is 18.5. The number of amides is 1. The number of aryl methyl sites for hydroxylation is 1. The third kappa shape index (κ3) is 4.42. The standard InChI is InChI=1S/C23H26N2O6/c1-14-20(21(31-24-14)16-7-9-17(27-3)10-8-16)23(26)25(2)13-15-11-18(28-4)22(30-6)19(12-15)29-5/h7-12H,13H2,1-6H3. The molecule has 0 fully saturated rings. The maximum absolute atomic E-state index is 13.3. The first kappa shape index (κ1) is 22.0. The molecule has 8 nitrogen and oxygen atoms in total. The van der Waals surface area contributed by atoms with E-state index in [9.17, 15) is 4.79 Å². The molecule has 164 valence electrons. The van der Waals surface area contributed by atoms with Gasteiger partial charge in [-0.1, -0.05) is 5.16 Å². The van der Waals surface area contributed by atoms with Gasteiger partial charge in [0.1, 0.15) is 11.3 Å². The Morgan fingerprint density at radius 3 is 2.10 bits per heavy atom. The van der Waals surface area contributed by atoms with E-state index in [-0.39, 0.29) is 5.91 Å². The predicted octanol–water partition coefficient (Wildman–Crippen LogP) is 3.96. The number of carbonyl (C=O) groups excluding carboxylic acids is 1. The quantitative estimate of drug-likeness (QED) is 0.539. The third-order valence-corrected chi connectivity index (χ3v) is 4.92. The molecule has 0 aliphatic carbocycles. The number of hydrogen-bond acceptors (Lipinski definition) is 7. The Kier molecular flexibility index (Phi) is 6.69. The summed E-state index contributed by atoms with van der Waals surface area (Å²) in [6.07, 6.45) is 0. The lowest BCUT2D eigenvalue weighted by molar-refractivity contribution is 0.0784. The SMILES string of the molecule is COc1ccc(-c2onc(C)c2C(=O)N(C)Cc2cc(OC)c(OC)c(OC)c2)cc1. The first-order chi connectivity index (χ1) is 14.9. The predicted molar refractivity (Wildman–Crippen MR) is 115 cm³/mol.